The van der Waals surface area contributed by atoms with Crippen molar-refractivity contribution in [3.63, 3.8) is 0 Å². The van der Waals surface area contributed by atoms with Crippen molar-refractivity contribution in [2.45, 2.75) is 76.9 Å². The standard InChI is InChI=1S/C21H30F2/c1-2-3-15-4-6-16(7-5-15)17-8-10-18(11-9-17)19-12-13-20(22)21(23)14-19/h12-18H,2-11H2,1H3/t15?,16?,17-,18?/i8D,9D2,10D,11D2/t8-,10?,15?,16?,17-,18?/m1/s1. The van der Waals surface area contributed by atoms with Crippen LogP contribution in [0.25, 0.3) is 0 Å². The fraction of sp³-hybridized carbons (Fsp3) is 0.714. The first-order valence-corrected chi connectivity index (χ1v) is 8.81. The molecule has 128 valence electrons. The highest BCUT2D eigenvalue weighted by Crippen LogP contribution is 2.44. The van der Waals surface area contributed by atoms with E-state index >= 15 is 0 Å². The van der Waals surface area contributed by atoms with Gasteiger partial charge in [0.2, 0.25) is 0 Å². The van der Waals surface area contributed by atoms with E-state index in [9.17, 15) is 8.78 Å². The van der Waals surface area contributed by atoms with E-state index in [2.05, 4.69) is 6.92 Å². The van der Waals surface area contributed by atoms with Gasteiger partial charge in [-0.15, -0.1) is 0 Å². The van der Waals surface area contributed by atoms with Crippen molar-refractivity contribution in [3.8, 4) is 0 Å². The predicted molar refractivity (Wildman–Crippen MR) is 91.4 cm³/mol. The molecule has 2 aliphatic carbocycles. The van der Waals surface area contributed by atoms with Gasteiger partial charge < -0.3 is 0 Å². The summed E-state index contributed by atoms with van der Waals surface area (Å²) in [5, 5.41) is 0. The van der Waals surface area contributed by atoms with Crippen LogP contribution in [-0.4, -0.2) is 0 Å². The maximum absolute atomic E-state index is 13.8. The summed E-state index contributed by atoms with van der Waals surface area (Å²) in [6.45, 7) is 2.14. The van der Waals surface area contributed by atoms with Crippen LogP contribution in [0.15, 0.2) is 18.2 Å². The minimum atomic E-state index is -2.47. The third-order valence-electron chi connectivity index (χ3n) is 5.32. The number of benzene rings is 1. The second kappa shape index (κ2) is 7.77. The molecule has 0 aliphatic heterocycles. The van der Waals surface area contributed by atoms with Crippen molar-refractivity contribution in [1.29, 1.82) is 0 Å². The zero-order chi connectivity index (χ0) is 21.6. The van der Waals surface area contributed by atoms with Gasteiger partial charge in [-0.3, -0.25) is 0 Å². The van der Waals surface area contributed by atoms with Crippen molar-refractivity contribution in [1.82, 2.24) is 0 Å². The predicted octanol–water partition coefficient (Wildman–Crippen LogP) is 6.85. The Bertz CT molecular complexity index is 717. The second-order valence-electron chi connectivity index (χ2n) is 6.92. The third kappa shape index (κ3) is 4.14. The van der Waals surface area contributed by atoms with Crippen molar-refractivity contribution < 1.29 is 17.0 Å². The van der Waals surface area contributed by atoms with Crippen LogP contribution in [0.3, 0.4) is 0 Å². The molecule has 0 bridgehead atoms. The molecule has 2 unspecified atom stereocenters. The van der Waals surface area contributed by atoms with E-state index in [1.807, 2.05) is 0 Å². The Balaban J connectivity index is 1.91. The molecule has 23 heavy (non-hydrogen) atoms. The Labute approximate surface area is 148 Å². The molecule has 2 saturated carbocycles. The fourth-order valence-corrected chi connectivity index (χ4v) is 3.93. The van der Waals surface area contributed by atoms with Crippen LogP contribution < -0.4 is 0 Å². The molecule has 0 nitrogen and oxygen atoms in total. The topological polar surface area (TPSA) is 0 Å². The molecule has 0 amide bonds. The molecule has 0 aromatic heterocycles. The van der Waals surface area contributed by atoms with Crippen LogP contribution in [0.1, 0.15) is 90.7 Å². The van der Waals surface area contributed by atoms with Gasteiger partial charge >= 0.3 is 0 Å². The van der Waals surface area contributed by atoms with Crippen LogP contribution in [0.2, 0.25) is 0 Å². The molecular formula is C21H30F2. The van der Waals surface area contributed by atoms with Crippen LogP contribution in [0.4, 0.5) is 8.78 Å². The van der Waals surface area contributed by atoms with Gasteiger partial charge in [0, 0.05) is 8.22 Å². The summed E-state index contributed by atoms with van der Waals surface area (Å²) in [4.78, 5) is 0. The van der Waals surface area contributed by atoms with Gasteiger partial charge in [-0.2, -0.15) is 0 Å². The van der Waals surface area contributed by atoms with Crippen molar-refractivity contribution in [2.75, 3.05) is 0 Å². The Morgan fingerprint density at radius 1 is 1.00 bits per heavy atom. The first kappa shape index (κ1) is 10.8. The minimum Gasteiger partial charge on any atom is -0.204 e. The lowest BCUT2D eigenvalue weighted by molar-refractivity contribution is 0.156. The van der Waals surface area contributed by atoms with Gasteiger partial charge in [0.1, 0.15) is 0 Å². The van der Waals surface area contributed by atoms with E-state index in [1.165, 1.54) is 6.07 Å². The molecule has 2 fully saturated rings. The summed E-state index contributed by atoms with van der Waals surface area (Å²) in [5.74, 6) is -3.96. The first-order valence-electron chi connectivity index (χ1n) is 12.0. The first-order chi connectivity index (χ1) is 13.5. The monoisotopic (exact) mass is 326 g/mol. The molecule has 0 radical (unpaired) electrons. The third-order valence-corrected chi connectivity index (χ3v) is 5.32. The zero-order valence-electron chi connectivity index (χ0n) is 19.7. The SMILES string of the molecule is [2H]C1C(c2ccc(F)c(F)c2)C([2H])([2H])C([2H])([2H])[C@H](C2CCC(CCC)CC2)[C@@H]1[2H]. The van der Waals surface area contributed by atoms with Crippen LogP contribution in [0, 0.1) is 29.4 Å². The summed E-state index contributed by atoms with van der Waals surface area (Å²) in [6.07, 6.45) is -1.53. The summed E-state index contributed by atoms with van der Waals surface area (Å²) in [7, 11) is 0. The van der Waals surface area contributed by atoms with Crippen LogP contribution >= 0.6 is 0 Å². The van der Waals surface area contributed by atoms with E-state index in [-0.39, 0.29) is 11.5 Å². The van der Waals surface area contributed by atoms with Crippen molar-refractivity contribution in [2.24, 2.45) is 17.8 Å². The maximum Gasteiger partial charge on any atom is 0.159 e. The largest absolute Gasteiger partial charge is 0.204 e. The average molecular weight is 327 g/mol. The van der Waals surface area contributed by atoms with Gasteiger partial charge in [-0.1, -0.05) is 38.7 Å². The Morgan fingerprint density at radius 2 is 1.78 bits per heavy atom. The second-order valence-corrected chi connectivity index (χ2v) is 6.92. The molecular weight excluding hydrogens is 290 g/mol. The van der Waals surface area contributed by atoms with Crippen molar-refractivity contribution in [3.05, 3.63) is 35.4 Å². The van der Waals surface area contributed by atoms with E-state index in [4.69, 9.17) is 8.22 Å². The molecule has 0 saturated heterocycles. The fourth-order valence-electron chi connectivity index (χ4n) is 3.93. The smallest absolute Gasteiger partial charge is 0.159 e. The Morgan fingerprint density at radius 3 is 2.48 bits per heavy atom. The van der Waals surface area contributed by atoms with E-state index in [0.717, 1.165) is 50.7 Å². The lowest BCUT2D eigenvalue weighted by atomic mass is 9.68. The summed E-state index contributed by atoms with van der Waals surface area (Å²) in [5.41, 5.74) is 0.0418. The number of hydrogen-bond acceptors (Lipinski definition) is 0. The summed E-state index contributed by atoms with van der Waals surface area (Å²) in [6, 6.07) is 2.93. The molecule has 0 heterocycles. The minimum absolute atomic E-state index is 0.0418. The highest BCUT2D eigenvalue weighted by atomic mass is 19.2. The molecule has 2 aliphatic rings. The Hall–Kier alpha value is -0.920. The van der Waals surface area contributed by atoms with Crippen LogP contribution in [-0.2, 0) is 0 Å². The maximum atomic E-state index is 13.8. The average Bonchev–Trinajstić information content (AvgIpc) is 2.65. The molecule has 1 aromatic rings. The van der Waals surface area contributed by atoms with E-state index in [0.29, 0.717) is 5.92 Å². The van der Waals surface area contributed by atoms with Gasteiger partial charge in [-0.25, -0.2) is 8.78 Å². The molecule has 1 aromatic carbocycles. The lowest BCUT2D eigenvalue weighted by Crippen LogP contribution is -2.25. The highest BCUT2D eigenvalue weighted by molar-refractivity contribution is 5.22. The quantitative estimate of drug-likeness (QED) is 0.568. The van der Waals surface area contributed by atoms with Gasteiger partial charge in [0.05, 0.1) is 0 Å². The molecule has 0 N–H and O–H groups in total. The van der Waals surface area contributed by atoms with Gasteiger partial charge in [0.25, 0.3) is 0 Å². The van der Waals surface area contributed by atoms with Crippen molar-refractivity contribution >= 4 is 0 Å². The number of rotatable bonds is 4. The van der Waals surface area contributed by atoms with E-state index < -0.39 is 49.0 Å². The summed E-state index contributed by atoms with van der Waals surface area (Å²) >= 11 is 0. The summed E-state index contributed by atoms with van der Waals surface area (Å²) < 4.78 is 78.9. The molecule has 0 spiro atoms. The highest BCUT2D eigenvalue weighted by Gasteiger charge is 2.31. The normalized spacial score (nSPS) is 46.6. The molecule has 3 rings (SSSR count). The lowest BCUT2D eigenvalue weighted by Gasteiger charge is -2.38. The van der Waals surface area contributed by atoms with Gasteiger partial charge in [-0.05, 0) is 79.7 Å². The Kier molecular flexibility index (Phi) is 3.66. The number of hydrogen-bond donors (Lipinski definition) is 0. The van der Waals surface area contributed by atoms with Crippen LogP contribution in [0.5, 0.6) is 0 Å². The molecule has 2 heteroatoms. The molecule has 4 atom stereocenters. The zero-order valence-corrected chi connectivity index (χ0v) is 13.7. The van der Waals surface area contributed by atoms with E-state index in [1.54, 1.807) is 0 Å². The number of halogens is 2. The van der Waals surface area contributed by atoms with Gasteiger partial charge in [0.15, 0.2) is 11.6 Å².